The summed E-state index contributed by atoms with van der Waals surface area (Å²) in [7, 11) is 3.58. The quantitative estimate of drug-likeness (QED) is 0.718. The van der Waals surface area contributed by atoms with Crippen LogP contribution in [-0.2, 0) is 4.74 Å². The molecular weight excluding hydrogens is 310 g/mol. The first-order chi connectivity index (χ1) is 11.6. The van der Waals surface area contributed by atoms with E-state index in [1.807, 2.05) is 14.0 Å². The highest BCUT2D eigenvalue weighted by atomic mass is 16.5. The van der Waals surface area contributed by atoms with Crippen molar-refractivity contribution in [2.24, 2.45) is 5.73 Å². The molecule has 0 aliphatic carbocycles. The van der Waals surface area contributed by atoms with Gasteiger partial charge in [0.2, 0.25) is 0 Å². The van der Waals surface area contributed by atoms with Crippen molar-refractivity contribution in [3.63, 3.8) is 0 Å². The van der Waals surface area contributed by atoms with Gasteiger partial charge < -0.3 is 30.2 Å². The minimum atomic E-state index is -0.153. The van der Waals surface area contributed by atoms with Crippen molar-refractivity contribution in [3.8, 4) is 11.5 Å². The molecule has 3 N–H and O–H groups in total. The topological polar surface area (TPSA) is 86.0 Å². The summed E-state index contributed by atoms with van der Waals surface area (Å²) in [6.45, 7) is 4.92. The van der Waals surface area contributed by atoms with E-state index >= 15 is 0 Å². The number of benzene rings is 1. The Labute approximate surface area is 143 Å². The zero-order valence-electron chi connectivity index (χ0n) is 14.6. The van der Waals surface area contributed by atoms with Crippen LogP contribution in [-0.4, -0.2) is 70.0 Å². The Hall–Kier alpha value is -1.83. The van der Waals surface area contributed by atoms with E-state index in [1.165, 1.54) is 0 Å². The second kappa shape index (κ2) is 8.86. The van der Waals surface area contributed by atoms with Gasteiger partial charge in [0.25, 0.3) is 5.91 Å². The van der Waals surface area contributed by atoms with Crippen LogP contribution in [0.15, 0.2) is 18.2 Å². The van der Waals surface area contributed by atoms with Gasteiger partial charge in [0.05, 0.1) is 19.3 Å². The maximum atomic E-state index is 12.6. The zero-order valence-corrected chi connectivity index (χ0v) is 14.6. The Morgan fingerprint density at radius 3 is 2.83 bits per heavy atom. The summed E-state index contributed by atoms with van der Waals surface area (Å²) in [6, 6.07) is 5.09. The van der Waals surface area contributed by atoms with Crippen molar-refractivity contribution < 1.29 is 19.0 Å². The number of methoxy groups -OCH3 is 1. The number of likely N-dealkylation sites (tertiary alicyclic amines) is 1. The Morgan fingerprint density at radius 1 is 1.38 bits per heavy atom. The molecule has 7 heteroatoms. The second-order valence-electron chi connectivity index (χ2n) is 5.80. The van der Waals surface area contributed by atoms with Crippen LogP contribution in [0.3, 0.4) is 0 Å². The van der Waals surface area contributed by atoms with E-state index in [4.69, 9.17) is 19.9 Å². The summed E-state index contributed by atoms with van der Waals surface area (Å²) < 4.78 is 16.5. The highest BCUT2D eigenvalue weighted by Crippen LogP contribution is 2.28. The molecule has 1 heterocycles. The molecule has 2 atom stereocenters. The average Bonchev–Trinajstić information content (AvgIpc) is 2.92. The minimum Gasteiger partial charge on any atom is -0.493 e. The van der Waals surface area contributed by atoms with Crippen molar-refractivity contribution in [2.75, 3.05) is 47.0 Å². The van der Waals surface area contributed by atoms with Gasteiger partial charge in [0, 0.05) is 31.8 Å². The third-order valence-electron chi connectivity index (χ3n) is 3.95. The molecule has 134 valence electrons. The number of nitrogens with one attached hydrogen (secondary N) is 1. The van der Waals surface area contributed by atoms with Crippen molar-refractivity contribution in [1.29, 1.82) is 0 Å². The molecule has 7 nitrogen and oxygen atoms in total. The summed E-state index contributed by atoms with van der Waals surface area (Å²) in [4.78, 5) is 14.7. The lowest BCUT2D eigenvalue weighted by atomic mass is 10.1. The molecule has 1 fully saturated rings. The van der Waals surface area contributed by atoms with E-state index in [1.54, 1.807) is 25.3 Å². The molecule has 1 amide bonds. The van der Waals surface area contributed by atoms with Gasteiger partial charge in [-0.1, -0.05) is 0 Å². The molecule has 24 heavy (non-hydrogen) atoms. The predicted octanol–water partition coefficient (Wildman–Crippen LogP) is 0.482. The molecule has 0 saturated carbocycles. The number of carbonyl (C=O) groups excluding carboxylic acids is 1. The Balaban J connectivity index is 2.08. The van der Waals surface area contributed by atoms with Crippen molar-refractivity contribution in [3.05, 3.63) is 23.8 Å². The van der Waals surface area contributed by atoms with Crippen molar-refractivity contribution >= 4 is 5.91 Å². The molecule has 1 aliphatic heterocycles. The zero-order chi connectivity index (χ0) is 17.5. The van der Waals surface area contributed by atoms with Crippen LogP contribution in [0.4, 0.5) is 0 Å². The highest BCUT2D eigenvalue weighted by molar-refractivity contribution is 5.95. The molecule has 0 spiro atoms. The Kier molecular flexibility index (Phi) is 6.84. The minimum absolute atomic E-state index is 0.00941. The van der Waals surface area contributed by atoms with Crippen LogP contribution >= 0.6 is 0 Å². The van der Waals surface area contributed by atoms with Crippen molar-refractivity contribution in [1.82, 2.24) is 10.2 Å². The maximum absolute atomic E-state index is 12.6. The SMILES string of the molecule is CCO[C@H]1CN(C)C[C@@H]1NC(=O)c1ccc(OC)c(OCCN)c1. The monoisotopic (exact) mass is 337 g/mol. The number of nitrogens with zero attached hydrogens (tertiary/aromatic N) is 1. The number of rotatable bonds is 8. The number of carbonyl (C=O) groups is 1. The van der Waals surface area contributed by atoms with Crippen molar-refractivity contribution in [2.45, 2.75) is 19.1 Å². The molecule has 0 radical (unpaired) electrons. The fourth-order valence-electron chi connectivity index (χ4n) is 2.84. The first kappa shape index (κ1) is 18.5. The molecule has 1 aromatic carbocycles. The highest BCUT2D eigenvalue weighted by Gasteiger charge is 2.32. The van der Waals surface area contributed by atoms with Crippen LogP contribution in [0.25, 0.3) is 0 Å². The van der Waals surface area contributed by atoms with Crippen LogP contribution < -0.4 is 20.5 Å². The normalized spacial score (nSPS) is 20.8. The van der Waals surface area contributed by atoms with Gasteiger partial charge in [-0.2, -0.15) is 0 Å². The van der Waals surface area contributed by atoms with Gasteiger partial charge in [-0.15, -0.1) is 0 Å². The molecule has 0 aromatic heterocycles. The summed E-state index contributed by atoms with van der Waals surface area (Å²) in [6.07, 6.45) is 0.00941. The summed E-state index contributed by atoms with van der Waals surface area (Å²) in [5.41, 5.74) is 5.99. The van der Waals surface area contributed by atoms with Crippen LogP contribution in [0.1, 0.15) is 17.3 Å². The van der Waals surface area contributed by atoms with Gasteiger partial charge in [-0.3, -0.25) is 4.79 Å². The van der Waals surface area contributed by atoms with Gasteiger partial charge in [-0.25, -0.2) is 0 Å². The first-order valence-corrected chi connectivity index (χ1v) is 8.21. The molecule has 2 rings (SSSR count). The van der Waals surface area contributed by atoms with E-state index < -0.39 is 0 Å². The fourth-order valence-corrected chi connectivity index (χ4v) is 2.84. The summed E-state index contributed by atoms with van der Waals surface area (Å²) in [5.74, 6) is 0.938. The van der Waals surface area contributed by atoms with Crippen LogP contribution in [0.2, 0.25) is 0 Å². The van der Waals surface area contributed by atoms with Gasteiger partial charge in [0.1, 0.15) is 6.61 Å². The van der Waals surface area contributed by atoms with E-state index in [-0.39, 0.29) is 18.1 Å². The van der Waals surface area contributed by atoms with E-state index in [9.17, 15) is 4.79 Å². The third-order valence-corrected chi connectivity index (χ3v) is 3.95. The van der Waals surface area contributed by atoms with Gasteiger partial charge in [0.15, 0.2) is 11.5 Å². The third kappa shape index (κ3) is 4.59. The number of likely N-dealkylation sites (N-methyl/N-ethyl adjacent to an activating group) is 1. The first-order valence-electron chi connectivity index (χ1n) is 8.21. The second-order valence-corrected chi connectivity index (χ2v) is 5.80. The number of amides is 1. The summed E-state index contributed by atoms with van der Waals surface area (Å²) in [5, 5.41) is 3.05. The van der Waals surface area contributed by atoms with Crippen LogP contribution in [0, 0.1) is 0 Å². The summed E-state index contributed by atoms with van der Waals surface area (Å²) >= 11 is 0. The number of hydrogen-bond donors (Lipinski definition) is 2. The van der Waals surface area contributed by atoms with E-state index in [0.717, 1.165) is 13.1 Å². The fraction of sp³-hybridized carbons (Fsp3) is 0.588. The smallest absolute Gasteiger partial charge is 0.251 e. The largest absolute Gasteiger partial charge is 0.493 e. The predicted molar refractivity (Wildman–Crippen MR) is 91.7 cm³/mol. The Bertz CT molecular complexity index is 553. The number of nitrogens with two attached hydrogens (primary N) is 1. The molecule has 1 aromatic rings. The van der Waals surface area contributed by atoms with Crippen LogP contribution in [0.5, 0.6) is 11.5 Å². The lowest BCUT2D eigenvalue weighted by Crippen LogP contribution is -2.44. The molecule has 0 bridgehead atoms. The number of ether oxygens (including phenoxy) is 3. The van der Waals surface area contributed by atoms with Gasteiger partial charge in [-0.05, 0) is 32.2 Å². The number of hydrogen-bond acceptors (Lipinski definition) is 6. The lowest BCUT2D eigenvalue weighted by molar-refractivity contribution is 0.0513. The lowest BCUT2D eigenvalue weighted by Gasteiger charge is -2.20. The average molecular weight is 337 g/mol. The molecule has 1 aliphatic rings. The standard InChI is InChI=1S/C17H27N3O4/c1-4-23-16-11-20(2)10-13(16)19-17(21)12-5-6-14(22-3)15(9-12)24-8-7-18/h5-6,9,13,16H,4,7-8,10-11,18H2,1-3H3,(H,19,21)/t13-,16-/m0/s1. The van der Waals surface area contributed by atoms with Gasteiger partial charge >= 0.3 is 0 Å². The molecule has 0 unspecified atom stereocenters. The van der Waals surface area contributed by atoms with E-state index in [0.29, 0.717) is 36.8 Å². The maximum Gasteiger partial charge on any atom is 0.251 e. The molecular formula is C17H27N3O4. The molecule has 1 saturated heterocycles. The Morgan fingerprint density at radius 2 is 2.17 bits per heavy atom. The van der Waals surface area contributed by atoms with E-state index in [2.05, 4.69) is 10.2 Å².